The summed E-state index contributed by atoms with van der Waals surface area (Å²) in [5.41, 5.74) is 0. The number of carbonyl (C=O) groups excluding carboxylic acids is 1. The molecule has 110 valence electrons. The van der Waals surface area contributed by atoms with E-state index in [0.29, 0.717) is 18.0 Å². The molecule has 2 fully saturated rings. The molecule has 0 bridgehead atoms. The van der Waals surface area contributed by atoms with E-state index in [4.69, 9.17) is 0 Å². The molecule has 3 nitrogen and oxygen atoms in total. The van der Waals surface area contributed by atoms with Crippen molar-refractivity contribution in [2.75, 3.05) is 6.54 Å². The summed E-state index contributed by atoms with van der Waals surface area (Å²) in [4.78, 5) is 12.2. The van der Waals surface area contributed by atoms with Crippen LogP contribution >= 0.6 is 0 Å². The summed E-state index contributed by atoms with van der Waals surface area (Å²) in [6.07, 6.45) is 12.4. The summed E-state index contributed by atoms with van der Waals surface area (Å²) in [5.74, 6) is 0.586. The monoisotopic (exact) mass is 266 g/mol. The van der Waals surface area contributed by atoms with Gasteiger partial charge in [-0.1, -0.05) is 38.5 Å². The minimum atomic E-state index is 0.279. The Hall–Kier alpha value is -0.570. The Labute approximate surface area is 117 Å². The van der Waals surface area contributed by atoms with E-state index in [1.165, 1.54) is 51.4 Å². The molecular formula is C16H30N2O. The first-order valence-electron chi connectivity index (χ1n) is 8.29. The molecule has 1 aliphatic heterocycles. The second-order valence-corrected chi connectivity index (χ2v) is 6.48. The molecule has 0 aromatic rings. The van der Waals surface area contributed by atoms with Crippen molar-refractivity contribution < 1.29 is 4.79 Å². The van der Waals surface area contributed by atoms with Crippen LogP contribution in [0.25, 0.3) is 0 Å². The number of piperidine rings is 1. The van der Waals surface area contributed by atoms with E-state index in [1.807, 2.05) is 0 Å². The van der Waals surface area contributed by atoms with Gasteiger partial charge in [-0.25, -0.2) is 0 Å². The van der Waals surface area contributed by atoms with Gasteiger partial charge in [0.15, 0.2) is 0 Å². The molecular weight excluding hydrogens is 236 g/mol. The SMILES string of the molecule is CC1CCCC(CNC(=O)C2CCCCCCC2)N1. The van der Waals surface area contributed by atoms with E-state index < -0.39 is 0 Å². The third-order valence-corrected chi connectivity index (χ3v) is 4.71. The number of hydrogen-bond acceptors (Lipinski definition) is 2. The van der Waals surface area contributed by atoms with Gasteiger partial charge in [-0.3, -0.25) is 4.79 Å². The molecule has 0 aromatic heterocycles. The van der Waals surface area contributed by atoms with Crippen molar-refractivity contribution in [3.63, 3.8) is 0 Å². The van der Waals surface area contributed by atoms with Gasteiger partial charge in [0.25, 0.3) is 0 Å². The fourth-order valence-electron chi connectivity index (χ4n) is 3.49. The Morgan fingerprint density at radius 2 is 1.68 bits per heavy atom. The molecule has 0 aromatic carbocycles. The van der Waals surface area contributed by atoms with Crippen LogP contribution in [-0.4, -0.2) is 24.5 Å². The topological polar surface area (TPSA) is 41.1 Å². The van der Waals surface area contributed by atoms with Crippen molar-refractivity contribution in [2.45, 2.75) is 83.2 Å². The quantitative estimate of drug-likeness (QED) is 0.824. The molecule has 1 saturated carbocycles. The highest BCUT2D eigenvalue weighted by Gasteiger charge is 2.22. The Bertz CT molecular complexity index is 272. The molecule has 2 N–H and O–H groups in total. The highest BCUT2D eigenvalue weighted by Crippen LogP contribution is 2.22. The summed E-state index contributed by atoms with van der Waals surface area (Å²) < 4.78 is 0. The summed E-state index contributed by atoms with van der Waals surface area (Å²) in [7, 11) is 0. The molecule has 2 atom stereocenters. The lowest BCUT2D eigenvalue weighted by molar-refractivity contribution is -0.125. The van der Waals surface area contributed by atoms with E-state index >= 15 is 0 Å². The fourth-order valence-corrected chi connectivity index (χ4v) is 3.49. The zero-order valence-electron chi connectivity index (χ0n) is 12.4. The number of nitrogens with one attached hydrogen (secondary N) is 2. The van der Waals surface area contributed by atoms with Crippen LogP contribution in [0.2, 0.25) is 0 Å². The van der Waals surface area contributed by atoms with Gasteiger partial charge in [0.05, 0.1) is 0 Å². The van der Waals surface area contributed by atoms with Crippen molar-refractivity contribution in [2.24, 2.45) is 5.92 Å². The Balaban J connectivity index is 1.70. The van der Waals surface area contributed by atoms with Gasteiger partial charge in [0.2, 0.25) is 5.91 Å². The van der Waals surface area contributed by atoms with Crippen LogP contribution in [0.3, 0.4) is 0 Å². The maximum absolute atomic E-state index is 12.2. The largest absolute Gasteiger partial charge is 0.354 e. The van der Waals surface area contributed by atoms with E-state index in [0.717, 1.165) is 19.4 Å². The number of rotatable bonds is 3. The van der Waals surface area contributed by atoms with Crippen molar-refractivity contribution in [3.05, 3.63) is 0 Å². The standard InChI is InChI=1S/C16H30N2O/c1-13-8-7-11-15(18-13)12-17-16(19)14-9-5-3-2-4-6-10-14/h13-15,18H,2-12H2,1H3,(H,17,19). The summed E-state index contributed by atoms with van der Waals surface area (Å²) >= 11 is 0. The molecule has 19 heavy (non-hydrogen) atoms. The van der Waals surface area contributed by atoms with Gasteiger partial charge >= 0.3 is 0 Å². The smallest absolute Gasteiger partial charge is 0.223 e. The van der Waals surface area contributed by atoms with E-state index in [-0.39, 0.29) is 5.92 Å². The van der Waals surface area contributed by atoms with Crippen molar-refractivity contribution in [1.29, 1.82) is 0 Å². The minimum Gasteiger partial charge on any atom is -0.354 e. The van der Waals surface area contributed by atoms with Crippen molar-refractivity contribution in [3.8, 4) is 0 Å². The van der Waals surface area contributed by atoms with Crippen LogP contribution < -0.4 is 10.6 Å². The molecule has 1 aliphatic carbocycles. The van der Waals surface area contributed by atoms with Crippen molar-refractivity contribution >= 4 is 5.91 Å². The Kier molecular flexibility index (Phi) is 6.15. The van der Waals surface area contributed by atoms with Gasteiger partial charge < -0.3 is 10.6 Å². The molecule has 1 heterocycles. The predicted octanol–water partition coefficient (Wildman–Crippen LogP) is 2.99. The van der Waals surface area contributed by atoms with E-state index in [1.54, 1.807) is 0 Å². The molecule has 2 rings (SSSR count). The first-order chi connectivity index (χ1) is 9.25. The van der Waals surface area contributed by atoms with E-state index in [2.05, 4.69) is 17.6 Å². The minimum absolute atomic E-state index is 0.279. The van der Waals surface area contributed by atoms with Gasteiger partial charge in [0.1, 0.15) is 0 Å². The third-order valence-electron chi connectivity index (χ3n) is 4.71. The number of hydrogen-bond donors (Lipinski definition) is 2. The van der Waals surface area contributed by atoms with Crippen molar-refractivity contribution in [1.82, 2.24) is 10.6 Å². The molecule has 3 heteroatoms. The average Bonchev–Trinajstić information content (AvgIpc) is 2.36. The van der Waals surface area contributed by atoms with Crippen LogP contribution in [0.15, 0.2) is 0 Å². The van der Waals surface area contributed by atoms with Gasteiger partial charge in [-0.05, 0) is 32.6 Å². The number of amides is 1. The average molecular weight is 266 g/mol. The third kappa shape index (κ3) is 5.13. The maximum Gasteiger partial charge on any atom is 0.223 e. The maximum atomic E-state index is 12.2. The summed E-state index contributed by atoms with van der Waals surface area (Å²) in [6.45, 7) is 3.06. The molecule has 0 radical (unpaired) electrons. The van der Waals surface area contributed by atoms with Crippen LogP contribution in [0.5, 0.6) is 0 Å². The van der Waals surface area contributed by atoms with Gasteiger partial charge in [-0.15, -0.1) is 0 Å². The Morgan fingerprint density at radius 1 is 1.00 bits per heavy atom. The van der Waals surface area contributed by atoms with E-state index in [9.17, 15) is 4.79 Å². The first kappa shape index (κ1) is 14.8. The molecule has 2 aliphatic rings. The number of carbonyl (C=O) groups is 1. The predicted molar refractivity (Wildman–Crippen MR) is 79.1 cm³/mol. The molecule has 1 amide bonds. The van der Waals surface area contributed by atoms with Crippen LogP contribution in [0.4, 0.5) is 0 Å². The van der Waals surface area contributed by atoms with Crippen LogP contribution in [-0.2, 0) is 4.79 Å². The Morgan fingerprint density at radius 3 is 2.37 bits per heavy atom. The molecule has 1 saturated heterocycles. The lowest BCUT2D eigenvalue weighted by Crippen LogP contribution is -2.48. The summed E-state index contributed by atoms with van der Waals surface area (Å²) in [6, 6.07) is 1.10. The summed E-state index contributed by atoms with van der Waals surface area (Å²) in [5, 5.41) is 6.77. The van der Waals surface area contributed by atoms with Gasteiger partial charge in [-0.2, -0.15) is 0 Å². The second kappa shape index (κ2) is 7.88. The highest BCUT2D eigenvalue weighted by atomic mass is 16.1. The van der Waals surface area contributed by atoms with Crippen LogP contribution in [0, 0.1) is 5.92 Å². The van der Waals surface area contributed by atoms with Gasteiger partial charge in [0, 0.05) is 24.5 Å². The van der Waals surface area contributed by atoms with Crippen LogP contribution in [0.1, 0.15) is 71.1 Å². The molecule has 2 unspecified atom stereocenters. The highest BCUT2D eigenvalue weighted by molar-refractivity contribution is 5.78. The fraction of sp³-hybridized carbons (Fsp3) is 0.938. The first-order valence-corrected chi connectivity index (χ1v) is 8.29. The molecule has 0 spiro atoms. The normalized spacial score (nSPS) is 30.4. The second-order valence-electron chi connectivity index (χ2n) is 6.48. The zero-order valence-corrected chi connectivity index (χ0v) is 12.4. The lowest BCUT2D eigenvalue weighted by atomic mass is 9.90. The zero-order chi connectivity index (χ0) is 13.5. The lowest BCUT2D eigenvalue weighted by Gasteiger charge is -2.29.